The van der Waals surface area contributed by atoms with Crippen LogP contribution in [0.5, 0.6) is 11.5 Å². The van der Waals surface area contributed by atoms with Crippen LogP contribution in [0.3, 0.4) is 0 Å². The van der Waals surface area contributed by atoms with Gasteiger partial charge in [0.1, 0.15) is 11.5 Å². The van der Waals surface area contributed by atoms with Crippen molar-refractivity contribution in [3.8, 4) is 23.0 Å². The van der Waals surface area contributed by atoms with Crippen LogP contribution in [0, 0.1) is 0 Å². The Bertz CT molecular complexity index is 1030. The fraction of sp³-hybridized carbons (Fsp3) is 0.318. The summed E-state index contributed by atoms with van der Waals surface area (Å²) in [4.78, 5) is 19.0. The molecule has 1 aromatic heterocycles. The van der Waals surface area contributed by atoms with Gasteiger partial charge in [-0.1, -0.05) is 24.2 Å². The molecule has 0 N–H and O–H groups in total. The summed E-state index contributed by atoms with van der Waals surface area (Å²) in [7, 11) is 3.17. The summed E-state index contributed by atoms with van der Waals surface area (Å²) in [5.74, 6) is 2.10. The lowest BCUT2D eigenvalue weighted by Gasteiger charge is -2.17. The van der Waals surface area contributed by atoms with Crippen molar-refractivity contribution in [2.24, 2.45) is 0 Å². The van der Waals surface area contributed by atoms with Crippen LogP contribution in [0.25, 0.3) is 11.5 Å². The Morgan fingerprint density at radius 1 is 1.17 bits per heavy atom. The summed E-state index contributed by atoms with van der Waals surface area (Å²) in [6.45, 7) is 2.63. The molecule has 29 heavy (non-hydrogen) atoms. The second-order valence-electron chi connectivity index (χ2n) is 6.95. The molecule has 1 saturated heterocycles. The van der Waals surface area contributed by atoms with Crippen molar-refractivity contribution in [3.63, 3.8) is 0 Å². The van der Waals surface area contributed by atoms with E-state index in [0.717, 1.165) is 12.1 Å². The Morgan fingerprint density at radius 3 is 2.79 bits per heavy atom. The molecule has 3 aromatic rings. The summed E-state index contributed by atoms with van der Waals surface area (Å²) < 4.78 is 16.1. The number of carbonyl (C=O) groups excluding carboxylic acids is 1. The highest BCUT2D eigenvalue weighted by Crippen LogP contribution is 2.35. The van der Waals surface area contributed by atoms with E-state index in [0.29, 0.717) is 41.7 Å². The highest BCUT2D eigenvalue weighted by molar-refractivity contribution is 5.96. The molecule has 1 fully saturated rings. The summed E-state index contributed by atoms with van der Waals surface area (Å²) >= 11 is 0. The monoisotopic (exact) mass is 393 g/mol. The lowest BCUT2D eigenvalue weighted by Crippen LogP contribution is -2.24. The van der Waals surface area contributed by atoms with Crippen molar-refractivity contribution >= 4 is 11.6 Å². The first-order chi connectivity index (χ1) is 14.1. The number of carbonyl (C=O) groups is 1. The predicted molar refractivity (Wildman–Crippen MR) is 108 cm³/mol. The number of rotatable bonds is 6. The number of aromatic nitrogens is 2. The quantitative estimate of drug-likeness (QED) is 0.633. The third-order valence-electron chi connectivity index (χ3n) is 5.20. The second-order valence-corrected chi connectivity index (χ2v) is 6.95. The van der Waals surface area contributed by atoms with Crippen molar-refractivity contribution in [3.05, 3.63) is 53.9 Å². The summed E-state index contributed by atoms with van der Waals surface area (Å²) in [5, 5.41) is 4.14. The van der Waals surface area contributed by atoms with Gasteiger partial charge in [-0.05, 0) is 36.2 Å². The molecule has 1 aliphatic rings. The minimum Gasteiger partial charge on any atom is -0.497 e. The maximum atomic E-state index is 12.6. The molecule has 2 aromatic carbocycles. The molecule has 0 radical (unpaired) electrons. The molecule has 0 aliphatic carbocycles. The van der Waals surface area contributed by atoms with Gasteiger partial charge in [-0.3, -0.25) is 4.79 Å². The molecular formula is C22H23N3O4. The number of nitrogens with zero attached hydrogens (tertiary/aromatic N) is 3. The molecule has 7 heteroatoms. The standard InChI is InChI=1S/C22H23N3O4/c1-4-14-6-5-7-16(10-14)25-13-15(11-20(25)26)21-23-22(29-24-21)18-9-8-17(27-2)12-19(18)28-3/h5-10,12,15H,4,11,13H2,1-3H3. The normalized spacial score (nSPS) is 16.3. The maximum absolute atomic E-state index is 12.6. The molecule has 0 bridgehead atoms. The fourth-order valence-corrected chi connectivity index (χ4v) is 3.56. The van der Waals surface area contributed by atoms with Gasteiger partial charge in [0.2, 0.25) is 5.91 Å². The molecule has 0 spiro atoms. The first-order valence-corrected chi connectivity index (χ1v) is 9.58. The summed E-state index contributed by atoms with van der Waals surface area (Å²) in [5.41, 5.74) is 2.80. The summed E-state index contributed by atoms with van der Waals surface area (Å²) in [6.07, 6.45) is 1.28. The van der Waals surface area contributed by atoms with Gasteiger partial charge in [0.15, 0.2) is 5.82 Å². The lowest BCUT2D eigenvalue weighted by molar-refractivity contribution is -0.117. The Kier molecular flexibility index (Phi) is 5.20. The van der Waals surface area contributed by atoms with Crippen molar-refractivity contribution in [2.75, 3.05) is 25.7 Å². The maximum Gasteiger partial charge on any atom is 0.261 e. The smallest absolute Gasteiger partial charge is 0.261 e. The number of anilines is 1. The average molecular weight is 393 g/mol. The predicted octanol–water partition coefficient (Wildman–Crippen LogP) is 3.84. The molecule has 0 saturated carbocycles. The van der Waals surface area contributed by atoms with E-state index in [4.69, 9.17) is 14.0 Å². The lowest BCUT2D eigenvalue weighted by atomic mass is 10.1. The fourth-order valence-electron chi connectivity index (χ4n) is 3.56. The van der Waals surface area contributed by atoms with Gasteiger partial charge in [0.05, 0.1) is 19.8 Å². The zero-order valence-corrected chi connectivity index (χ0v) is 16.7. The second kappa shape index (κ2) is 7.95. The minimum absolute atomic E-state index is 0.0663. The number of hydrogen-bond acceptors (Lipinski definition) is 6. The first kappa shape index (κ1) is 19.0. The van der Waals surface area contributed by atoms with Crippen LogP contribution in [0.15, 0.2) is 47.0 Å². The third kappa shape index (κ3) is 3.68. The van der Waals surface area contributed by atoms with Crippen LogP contribution >= 0.6 is 0 Å². The van der Waals surface area contributed by atoms with E-state index in [2.05, 4.69) is 29.2 Å². The van der Waals surface area contributed by atoms with Gasteiger partial charge >= 0.3 is 0 Å². The Morgan fingerprint density at radius 2 is 2.03 bits per heavy atom. The van der Waals surface area contributed by atoms with E-state index in [1.807, 2.05) is 24.3 Å². The van der Waals surface area contributed by atoms with Crippen LogP contribution in [-0.2, 0) is 11.2 Å². The van der Waals surface area contributed by atoms with Gasteiger partial charge < -0.3 is 18.9 Å². The molecule has 1 aliphatic heterocycles. The molecule has 7 nitrogen and oxygen atoms in total. The third-order valence-corrected chi connectivity index (χ3v) is 5.20. The van der Waals surface area contributed by atoms with Crippen LogP contribution in [0.1, 0.15) is 30.7 Å². The van der Waals surface area contributed by atoms with Crippen LogP contribution in [0.2, 0.25) is 0 Å². The first-order valence-electron chi connectivity index (χ1n) is 9.58. The number of hydrogen-bond donors (Lipinski definition) is 0. The summed E-state index contributed by atoms with van der Waals surface area (Å²) in [6, 6.07) is 13.5. The van der Waals surface area contributed by atoms with E-state index < -0.39 is 0 Å². The molecule has 2 heterocycles. The number of benzene rings is 2. The molecule has 1 atom stereocenters. The number of amides is 1. The van der Waals surface area contributed by atoms with Crippen molar-refractivity contribution < 1.29 is 18.8 Å². The van der Waals surface area contributed by atoms with Gasteiger partial charge in [-0.25, -0.2) is 0 Å². The average Bonchev–Trinajstić information content (AvgIpc) is 3.40. The van der Waals surface area contributed by atoms with Gasteiger partial charge in [-0.15, -0.1) is 0 Å². The Balaban J connectivity index is 1.57. The van der Waals surface area contributed by atoms with Gasteiger partial charge in [0, 0.05) is 30.6 Å². The SMILES string of the molecule is CCc1cccc(N2CC(c3noc(-c4ccc(OC)cc4OC)n3)CC2=O)c1. The van der Waals surface area contributed by atoms with E-state index in [-0.39, 0.29) is 11.8 Å². The van der Waals surface area contributed by atoms with Crippen molar-refractivity contribution in [1.82, 2.24) is 10.1 Å². The Hall–Kier alpha value is -3.35. The van der Waals surface area contributed by atoms with Crippen LogP contribution in [-0.4, -0.2) is 36.8 Å². The van der Waals surface area contributed by atoms with E-state index in [1.54, 1.807) is 25.2 Å². The van der Waals surface area contributed by atoms with E-state index >= 15 is 0 Å². The molecular weight excluding hydrogens is 370 g/mol. The van der Waals surface area contributed by atoms with Crippen molar-refractivity contribution in [2.45, 2.75) is 25.7 Å². The number of aryl methyl sites for hydroxylation is 1. The topological polar surface area (TPSA) is 77.7 Å². The molecule has 4 rings (SSSR count). The van der Waals surface area contributed by atoms with Gasteiger partial charge in [0.25, 0.3) is 5.89 Å². The van der Waals surface area contributed by atoms with E-state index in [9.17, 15) is 4.79 Å². The van der Waals surface area contributed by atoms with Crippen molar-refractivity contribution in [1.29, 1.82) is 0 Å². The molecule has 1 amide bonds. The van der Waals surface area contributed by atoms with Crippen LogP contribution in [0.4, 0.5) is 5.69 Å². The highest BCUT2D eigenvalue weighted by atomic mass is 16.5. The Labute approximate surface area is 169 Å². The molecule has 150 valence electrons. The minimum atomic E-state index is -0.116. The highest BCUT2D eigenvalue weighted by Gasteiger charge is 2.35. The number of methoxy groups -OCH3 is 2. The molecule has 1 unspecified atom stereocenters. The van der Waals surface area contributed by atoms with E-state index in [1.165, 1.54) is 5.56 Å². The largest absolute Gasteiger partial charge is 0.497 e. The zero-order valence-electron chi connectivity index (χ0n) is 16.7. The zero-order chi connectivity index (χ0) is 20.4. The van der Waals surface area contributed by atoms with Crippen LogP contribution < -0.4 is 14.4 Å². The number of ether oxygens (including phenoxy) is 2. The van der Waals surface area contributed by atoms with Gasteiger partial charge in [-0.2, -0.15) is 4.98 Å².